The van der Waals surface area contributed by atoms with Gasteiger partial charge in [-0.25, -0.2) is 4.68 Å². The molecule has 2 aromatic carbocycles. The highest BCUT2D eigenvalue weighted by molar-refractivity contribution is 6.01. The molecule has 0 fully saturated rings. The highest BCUT2D eigenvalue weighted by Crippen LogP contribution is 2.33. The van der Waals surface area contributed by atoms with Crippen molar-refractivity contribution in [2.45, 2.75) is 20.0 Å². The minimum absolute atomic E-state index is 0.237. The van der Waals surface area contributed by atoms with Gasteiger partial charge in [0.05, 0.1) is 31.6 Å². The maximum absolute atomic E-state index is 12.9. The Morgan fingerprint density at radius 2 is 1.74 bits per heavy atom. The van der Waals surface area contributed by atoms with Gasteiger partial charge in [0.2, 0.25) is 0 Å². The summed E-state index contributed by atoms with van der Waals surface area (Å²) >= 11 is 0. The number of rotatable bonds is 8. The van der Waals surface area contributed by atoms with Gasteiger partial charge in [0, 0.05) is 11.8 Å². The van der Waals surface area contributed by atoms with Crippen LogP contribution in [0.4, 0.5) is 0 Å². The summed E-state index contributed by atoms with van der Waals surface area (Å²) in [6.07, 6.45) is 1.37. The fraction of sp³-hybridized carbons (Fsp3) is 0.261. The molecule has 162 valence electrons. The number of carbonyl (C=O) groups is 2. The van der Waals surface area contributed by atoms with Crippen LogP contribution in [0, 0.1) is 0 Å². The number of hydrogen-bond donors (Lipinski definition) is 1. The zero-order valence-electron chi connectivity index (χ0n) is 17.9. The third-order valence-corrected chi connectivity index (χ3v) is 4.40. The van der Waals surface area contributed by atoms with E-state index >= 15 is 0 Å². The number of ether oxygens (including phenoxy) is 3. The molecular formula is C23H25N3O5. The molecular weight excluding hydrogens is 398 g/mol. The monoisotopic (exact) mass is 423 g/mol. The summed E-state index contributed by atoms with van der Waals surface area (Å²) in [7, 11) is 3.09. The molecule has 0 saturated heterocycles. The van der Waals surface area contributed by atoms with Crippen molar-refractivity contribution in [1.29, 1.82) is 0 Å². The Balaban J connectivity index is 1.98. The Morgan fingerprint density at radius 1 is 1.03 bits per heavy atom. The topological polar surface area (TPSA) is 91.7 Å². The Hall–Kier alpha value is -3.81. The zero-order chi connectivity index (χ0) is 22.4. The molecule has 0 bridgehead atoms. The first-order chi connectivity index (χ1) is 14.9. The molecule has 1 amide bonds. The predicted octanol–water partition coefficient (Wildman–Crippen LogP) is 3.24. The van der Waals surface area contributed by atoms with Gasteiger partial charge in [0.15, 0.2) is 11.5 Å². The molecule has 8 nitrogen and oxygen atoms in total. The summed E-state index contributed by atoms with van der Waals surface area (Å²) in [5.41, 5.74) is 2.22. The lowest BCUT2D eigenvalue weighted by molar-refractivity contribution is -0.146. The van der Waals surface area contributed by atoms with Gasteiger partial charge in [-0.3, -0.25) is 9.59 Å². The van der Waals surface area contributed by atoms with Crippen molar-refractivity contribution < 1.29 is 23.8 Å². The van der Waals surface area contributed by atoms with Crippen molar-refractivity contribution in [2.24, 2.45) is 0 Å². The maximum atomic E-state index is 12.9. The summed E-state index contributed by atoms with van der Waals surface area (Å²) in [5, 5.41) is 7.23. The number of hydrogen-bond acceptors (Lipinski definition) is 6. The maximum Gasteiger partial charge on any atom is 0.325 e. The largest absolute Gasteiger partial charge is 0.493 e. The number of carbonyl (C=O) groups excluding carboxylic acids is 2. The van der Waals surface area contributed by atoms with Crippen LogP contribution < -0.4 is 14.8 Å². The molecule has 0 aliphatic heterocycles. The van der Waals surface area contributed by atoms with Crippen molar-refractivity contribution in [3.05, 3.63) is 60.3 Å². The summed E-state index contributed by atoms with van der Waals surface area (Å²) in [6.45, 7) is 3.26. The van der Waals surface area contributed by atoms with E-state index in [1.54, 1.807) is 50.0 Å². The van der Waals surface area contributed by atoms with Crippen LogP contribution in [0.1, 0.15) is 24.2 Å². The van der Waals surface area contributed by atoms with Crippen LogP contribution in [0.5, 0.6) is 11.5 Å². The van der Waals surface area contributed by atoms with E-state index in [9.17, 15) is 9.59 Å². The van der Waals surface area contributed by atoms with E-state index in [2.05, 4.69) is 10.4 Å². The average Bonchev–Trinajstić information content (AvgIpc) is 3.22. The Bertz CT molecular complexity index is 1060. The van der Waals surface area contributed by atoms with E-state index in [1.165, 1.54) is 7.11 Å². The molecule has 3 rings (SSSR count). The van der Waals surface area contributed by atoms with E-state index < -0.39 is 11.9 Å². The van der Waals surface area contributed by atoms with Crippen LogP contribution in [0.2, 0.25) is 0 Å². The molecule has 0 aliphatic carbocycles. The average molecular weight is 423 g/mol. The third kappa shape index (κ3) is 5.22. The van der Waals surface area contributed by atoms with Crippen molar-refractivity contribution >= 4 is 11.9 Å². The standard InChI is InChI=1S/C23H25N3O5/c1-15(2)31-21(27)13-24-23(28)18-14-26(17-8-6-5-7-9-17)25-22(18)16-10-11-19(29-3)20(12-16)30-4/h5-12,14-15H,13H2,1-4H3,(H,24,28). The van der Waals surface area contributed by atoms with E-state index in [0.717, 1.165) is 5.69 Å². The van der Waals surface area contributed by atoms with E-state index in [-0.39, 0.29) is 12.6 Å². The minimum atomic E-state index is -0.508. The molecule has 0 radical (unpaired) electrons. The predicted molar refractivity (Wildman–Crippen MR) is 116 cm³/mol. The SMILES string of the molecule is COc1ccc(-c2nn(-c3ccccc3)cc2C(=O)NCC(=O)OC(C)C)cc1OC. The quantitative estimate of drug-likeness (QED) is 0.560. The number of nitrogens with one attached hydrogen (secondary N) is 1. The molecule has 31 heavy (non-hydrogen) atoms. The Labute approximate surface area is 180 Å². The minimum Gasteiger partial charge on any atom is -0.493 e. The van der Waals surface area contributed by atoms with Crippen LogP contribution in [0.25, 0.3) is 16.9 Å². The zero-order valence-corrected chi connectivity index (χ0v) is 17.9. The van der Waals surface area contributed by atoms with E-state index in [4.69, 9.17) is 14.2 Å². The van der Waals surface area contributed by atoms with Gasteiger partial charge in [-0.2, -0.15) is 5.10 Å². The van der Waals surface area contributed by atoms with Crippen LogP contribution in [0.3, 0.4) is 0 Å². The molecule has 0 unspecified atom stereocenters. The van der Waals surface area contributed by atoms with E-state index in [0.29, 0.717) is 28.3 Å². The van der Waals surface area contributed by atoms with Crippen molar-refractivity contribution in [3.63, 3.8) is 0 Å². The van der Waals surface area contributed by atoms with Crippen LogP contribution >= 0.6 is 0 Å². The lowest BCUT2D eigenvalue weighted by Crippen LogP contribution is -2.31. The number of amides is 1. The highest BCUT2D eigenvalue weighted by atomic mass is 16.5. The molecule has 1 aromatic heterocycles. The summed E-state index contributed by atoms with van der Waals surface area (Å²) in [4.78, 5) is 24.8. The summed E-state index contributed by atoms with van der Waals surface area (Å²) in [6, 6.07) is 14.7. The highest BCUT2D eigenvalue weighted by Gasteiger charge is 2.21. The number of benzene rings is 2. The molecule has 0 saturated carbocycles. The van der Waals surface area contributed by atoms with Gasteiger partial charge in [-0.1, -0.05) is 18.2 Å². The first kappa shape index (κ1) is 21.9. The second kappa shape index (κ2) is 9.80. The number of para-hydroxylation sites is 1. The first-order valence-electron chi connectivity index (χ1n) is 9.78. The van der Waals surface area contributed by atoms with E-state index in [1.807, 2.05) is 30.3 Å². The molecule has 3 aromatic rings. The fourth-order valence-electron chi connectivity index (χ4n) is 3.00. The molecule has 0 spiro atoms. The van der Waals surface area contributed by atoms with Crippen molar-refractivity contribution in [3.8, 4) is 28.4 Å². The molecule has 8 heteroatoms. The molecule has 1 heterocycles. The smallest absolute Gasteiger partial charge is 0.325 e. The Kier molecular flexibility index (Phi) is 6.92. The molecule has 0 aliphatic rings. The number of esters is 1. The molecule has 0 atom stereocenters. The van der Waals surface area contributed by atoms with Crippen LogP contribution in [0.15, 0.2) is 54.7 Å². The fourth-order valence-corrected chi connectivity index (χ4v) is 3.00. The molecule has 1 N–H and O–H groups in total. The number of methoxy groups -OCH3 is 2. The van der Waals surface area contributed by atoms with Gasteiger partial charge < -0.3 is 19.5 Å². The normalized spacial score (nSPS) is 10.6. The first-order valence-corrected chi connectivity index (χ1v) is 9.78. The van der Waals surface area contributed by atoms with Gasteiger partial charge in [-0.05, 0) is 44.2 Å². The van der Waals surface area contributed by atoms with Gasteiger partial charge in [0.25, 0.3) is 5.91 Å². The lowest BCUT2D eigenvalue weighted by atomic mass is 10.1. The second-order valence-corrected chi connectivity index (χ2v) is 6.96. The van der Waals surface area contributed by atoms with Gasteiger partial charge in [-0.15, -0.1) is 0 Å². The second-order valence-electron chi connectivity index (χ2n) is 6.96. The summed E-state index contributed by atoms with van der Waals surface area (Å²) < 4.78 is 17.4. The summed E-state index contributed by atoms with van der Waals surface area (Å²) in [5.74, 6) is 0.136. The van der Waals surface area contributed by atoms with Crippen molar-refractivity contribution in [2.75, 3.05) is 20.8 Å². The van der Waals surface area contributed by atoms with Crippen LogP contribution in [-0.4, -0.2) is 48.5 Å². The lowest BCUT2D eigenvalue weighted by Gasteiger charge is -2.10. The van der Waals surface area contributed by atoms with Crippen LogP contribution in [-0.2, 0) is 9.53 Å². The number of nitrogens with zero attached hydrogens (tertiary/aromatic N) is 2. The van der Waals surface area contributed by atoms with Crippen molar-refractivity contribution in [1.82, 2.24) is 15.1 Å². The van der Waals surface area contributed by atoms with Gasteiger partial charge >= 0.3 is 5.97 Å². The third-order valence-electron chi connectivity index (χ3n) is 4.40. The Morgan fingerprint density at radius 3 is 2.39 bits per heavy atom. The van der Waals surface area contributed by atoms with Gasteiger partial charge in [0.1, 0.15) is 12.2 Å². The number of aromatic nitrogens is 2.